The third-order valence-electron chi connectivity index (χ3n) is 5.35. The highest BCUT2D eigenvalue weighted by Crippen LogP contribution is 2.22. The van der Waals surface area contributed by atoms with Crippen molar-refractivity contribution in [2.24, 2.45) is 0 Å². The number of piperidine rings is 1. The minimum Gasteiger partial charge on any atom is -0.299 e. The average Bonchev–Trinajstić information content (AvgIpc) is 3.18. The molecular weight excluding hydrogens is 332 g/mol. The van der Waals surface area contributed by atoms with Gasteiger partial charge in [-0.2, -0.15) is 0 Å². The van der Waals surface area contributed by atoms with Crippen LogP contribution in [0.1, 0.15) is 31.2 Å². The van der Waals surface area contributed by atoms with Crippen molar-refractivity contribution in [3.05, 3.63) is 47.2 Å². The molecule has 0 spiro atoms. The summed E-state index contributed by atoms with van der Waals surface area (Å²) in [6, 6.07) is 8.41. The van der Waals surface area contributed by atoms with Crippen LogP contribution in [0.3, 0.4) is 0 Å². The van der Waals surface area contributed by atoms with E-state index in [2.05, 4.69) is 19.8 Å². The van der Waals surface area contributed by atoms with Gasteiger partial charge in [-0.3, -0.25) is 9.80 Å². The third-order valence-corrected chi connectivity index (χ3v) is 5.60. The van der Waals surface area contributed by atoms with Crippen LogP contribution < -0.4 is 0 Å². The van der Waals surface area contributed by atoms with E-state index in [9.17, 15) is 0 Å². The van der Waals surface area contributed by atoms with E-state index in [0.717, 1.165) is 29.0 Å². The average molecular weight is 357 g/mol. The minimum absolute atomic E-state index is 0.734. The van der Waals surface area contributed by atoms with Crippen molar-refractivity contribution in [1.82, 2.24) is 19.8 Å². The molecule has 5 heteroatoms. The maximum atomic E-state index is 5.94. The zero-order chi connectivity index (χ0) is 17.1. The van der Waals surface area contributed by atoms with Crippen molar-refractivity contribution in [1.29, 1.82) is 0 Å². The monoisotopic (exact) mass is 356 g/mol. The Kier molecular flexibility index (Phi) is 5.30. The normalized spacial score (nSPS) is 22.4. The number of nitrogens with zero attached hydrogens (tertiary/aromatic N) is 4. The number of hydrogen-bond donors (Lipinski definition) is 0. The van der Waals surface area contributed by atoms with E-state index in [1.165, 1.54) is 57.4 Å². The molecule has 0 saturated carbocycles. The van der Waals surface area contributed by atoms with Gasteiger partial charge in [0, 0.05) is 47.7 Å². The van der Waals surface area contributed by atoms with Gasteiger partial charge >= 0.3 is 0 Å². The summed E-state index contributed by atoms with van der Waals surface area (Å²) >= 11 is 5.94. The summed E-state index contributed by atoms with van der Waals surface area (Å²) in [4.78, 5) is 14.3. The van der Waals surface area contributed by atoms with Crippen molar-refractivity contribution in [3.63, 3.8) is 0 Å². The Labute approximate surface area is 154 Å². The first-order valence-corrected chi connectivity index (χ1v) is 9.69. The zero-order valence-corrected chi connectivity index (χ0v) is 15.3. The number of halogens is 1. The van der Waals surface area contributed by atoms with Crippen LogP contribution >= 0.6 is 11.6 Å². The van der Waals surface area contributed by atoms with E-state index in [4.69, 9.17) is 11.6 Å². The van der Waals surface area contributed by atoms with Gasteiger partial charge in [-0.05, 0) is 69.6 Å². The second kappa shape index (κ2) is 7.81. The molecular formula is C20H25ClN4. The van der Waals surface area contributed by atoms with Crippen LogP contribution in [-0.4, -0.2) is 52.0 Å². The highest BCUT2D eigenvalue weighted by Gasteiger charge is 2.27. The molecule has 2 aliphatic rings. The van der Waals surface area contributed by atoms with Crippen LogP contribution in [0.25, 0.3) is 11.4 Å². The molecule has 2 aliphatic heterocycles. The Hall–Kier alpha value is -1.49. The van der Waals surface area contributed by atoms with Crippen molar-refractivity contribution in [3.8, 4) is 11.4 Å². The molecule has 132 valence electrons. The van der Waals surface area contributed by atoms with E-state index >= 15 is 0 Å². The van der Waals surface area contributed by atoms with Crippen molar-refractivity contribution in [2.75, 3.05) is 26.2 Å². The van der Waals surface area contributed by atoms with Crippen molar-refractivity contribution < 1.29 is 0 Å². The minimum atomic E-state index is 0.734. The van der Waals surface area contributed by atoms with Crippen LogP contribution in [0.5, 0.6) is 0 Å². The number of likely N-dealkylation sites (tertiary alicyclic amines) is 2. The summed E-state index contributed by atoms with van der Waals surface area (Å²) in [5.41, 5.74) is 2.20. The number of aromatic nitrogens is 2. The van der Waals surface area contributed by atoms with E-state index in [-0.39, 0.29) is 0 Å². The highest BCUT2D eigenvalue weighted by atomic mass is 35.5. The standard InChI is InChI=1S/C20H25ClN4/c21-18-7-5-17(6-8-18)20-22-12-16(13-23-20)14-24-9-3-4-19(15-24)25-10-1-2-11-25/h5-8,12-13,19H,1-4,9-11,14-15H2. The Balaban J connectivity index is 1.38. The summed E-state index contributed by atoms with van der Waals surface area (Å²) in [5, 5.41) is 0.734. The Morgan fingerprint density at radius 3 is 2.40 bits per heavy atom. The lowest BCUT2D eigenvalue weighted by Gasteiger charge is -2.37. The lowest BCUT2D eigenvalue weighted by Crippen LogP contribution is -2.46. The molecule has 1 unspecified atom stereocenters. The van der Waals surface area contributed by atoms with Crippen LogP contribution in [0.15, 0.2) is 36.7 Å². The molecule has 3 heterocycles. The van der Waals surface area contributed by atoms with Gasteiger partial charge in [-0.1, -0.05) is 11.6 Å². The molecule has 1 aromatic carbocycles. The fraction of sp³-hybridized carbons (Fsp3) is 0.500. The maximum Gasteiger partial charge on any atom is 0.159 e. The molecule has 25 heavy (non-hydrogen) atoms. The summed E-state index contributed by atoms with van der Waals surface area (Å²) in [6.07, 6.45) is 9.33. The van der Waals surface area contributed by atoms with E-state index in [1.54, 1.807) is 0 Å². The molecule has 4 nitrogen and oxygen atoms in total. The third kappa shape index (κ3) is 4.20. The first-order valence-electron chi connectivity index (χ1n) is 9.31. The second-order valence-corrected chi connectivity index (χ2v) is 7.63. The Morgan fingerprint density at radius 1 is 0.960 bits per heavy atom. The number of benzene rings is 1. The second-order valence-electron chi connectivity index (χ2n) is 7.20. The van der Waals surface area contributed by atoms with Gasteiger partial charge in [0.1, 0.15) is 0 Å². The molecule has 1 aromatic heterocycles. The largest absolute Gasteiger partial charge is 0.299 e. The van der Waals surface area contributed by atoms with Gasteiger partial charge in [-0.25, -0.2) is 9.97 Å². The van der Waals surface area contributed by atoms with Crippen LogP contribution in [0.4, 0.5) is 0 Å². The van der Waals surface area contributed by atoms with Crippen molar-refractivity contribution >= 4 is 11.6 Å². The molecule has 0 bridgehead atoms. The molecule has 0 N–H and O–H groups in total. The SMILES string of the molecule is Clc1ccc(-c2ncc(CN3CCCC(N4CCCC4)C3)cn2)cc1. The number of hydrogen-bond acceptors (Lipinski definition) is 4. The first-order chi connectivity index (χ1) is 12.3. The lowest BCUT2D eigenvalue weighted by atomic mass is 10.0. The van der Waals surface area contributed by atoms with Crippen LogP contribution in [-0.2, 0) is 6.54 Å². The Bertz CT molecular complexity index is 680. The quantitative estimate of drug-likeness (QED) is 0.832. The molecule has 2 fully saturated rings. The molecule has 4 rings (SSSR count). The van der Waals surface area contributed by atoms with Gasteiger partial charge < -0.3 is 0 Å². The Morgan fingerprint density at radius 2 is 1.68 bits per heavy atom. The van der Waals surface area contributed by atoms with Gasteiger partial charge in [0.15, 0.2) is 5.82 Å². The lowest BCUT2D eigenvalue weighted by molar-refractivity contribution is 0.110. The first kappa shape index (κ1) is 17.0. The van der Waals surface area contributed by atoms with Gasteiger partial charge in [0.2, 0.25) is 0 Å². The predicted molar refractivity (Wildman–Crippen MR) is 102 cm³/mol. The van der Waals surface area contributed by atoms with Gasteiger partial charge in [0.25, 0.3) is 0 Å². The summed E-state index contributed by atoms with van der Waals surface area (Å²) in [5.74, 6) is 0.758. The predicted octanol–water partition coefficient (Wildman–Crippen LogP) is 3.86. The van der Waals surface area contributed by atoms with Crippen LogP contribution in [0, 0.1) is 0 Å². The topological polar surface area (TPSA) is 32.3 Å². The number of rotatable bonds is 4. The molecule has 1 atom stereocenters. The molecule has 2 aromatic rings. The summed E-state index contributed by atoms with van der Waals surface area (Å²) < 4.78 is 0. The molecule has 0 aliphatic carbocycles. The van der Waals surface area contributed by atoms with Crippen LogP contribution in [0.2, 0.25) is 5.02 Å². The fourth-order valence-corrected chi connectivity index (χ4v) is 4.15. The van der Waals surface area contributed by atoms with Gasteiger partial charge in [0.05, 0.1) is 0 Å². The smallest absolute Gasteiger partial charge is 0.159 e. The fourth-order valence-electron chi connectivity index (χ4n) is 4.02. The van der Waals surface area contributed by atoms with Gasteiger partial charge in [-0.15, -0.1) is 0 Å². The van der Waals surface area contributed by atoms with E-state index in [1.807, 2.05) is 36.7 Å². The summed E-state index contributed by atoms with van der Waals surface area (Å²) in [7, 11) is 0. The maximum absolute atomic E-state index is 5.94. The molecule has 2 saturated heterocycles. The highest BCUT2D eigenvalue weighted by molar-refractivity contribution is 6.30. The van der Waals surface area contributed by atoms with E-state index in [0.29, 0.717) is 0 Å². The summed E-state index contributed by atoms with van der Waals surface area (Å²) in [6.45, 7) is 5.89. The zero-order valence-electron chi connectivity index (χ0n) is 14.6. The van der Waals surface area contributed by atoms with Crippen molar-refractivity contribution in [2.45, 2.75) is 38.3 Å². The van der Waals surface area contributed by atoms with E-state index < -0.39 is 0 Å². The molecule has 0 radical (unpaired) electrons. The molecule has 0 amide bonds.